The van der Waals surface area contributed by atoms with Crippen LogP contribution in [-0.4, -0.2) is 17.9 Å². The molecular formula is C14H10O3S2. The van der Waals surface area contributed by atoms with E-state index in [1.807, 2.05) is 18.2 Å². The fourth-order valence-electron chi connectivity index (χ4n) is 2.22. The molecule has 0 aromatic carbocycles. The van der Waals surface area contributed by atoms with Crippen LogP contribution >= 0.6 is 22.7 Å². The summed E-state index contributed by atoms with van der Waals surface area (Å²) in [5.41, 5.74) is 0. The van der Waals surface area contributed by atoms with Gasteiger partial charge in [0.25, 0.3) is 0 Å². The molecule has 0 unspecified atom stereocenters. The maximum Gasteiger partial charge on any atom is 0.160 e. The summed E-state index contributed by atoms with van der Waals surface area (Å²) in [6, 6.07) is 7.44. The van der Waals surface area contributed by atoms with Crippen LogP contribution in [-0.2, 0) is 9.59 Å². The molecule has 0 atom stereocenters. The second-order valence-corrected chi connectivity index (χ2v) is 6.62. The maximum atomic E-state index is 11.7. The van der Waals surface area contributed by atoms with Crippen LogP contribution in [0.3, 0.4) is 0 Å². The Balaban J connectivity index is 1.93. The zero-order valence-electron chi connectivity index (χ0n) is 9.92. The molecule has 0 aliphatic heterocycles. The lowest BCUT2D eigenvalue weighted by molar-refractivity contribution is -0.123. The molecule has 0 bridgehead atoms. The van der Waals surface area contributed by atoms with Crippen LogP contribution in [0.2, 0.25) is 0 Å². The molecule has 1 aliphatic carbocycles. The van der Waals surface area contributed by atoms with E-state index in [-0.39, 0.29) is 11.6 Å². The molecule has 0 saturated heterocycles. The van der Waals surface area contributed by atoms with Crippen molar-refractivity contribution in [3.05, 3.63) is 34.0 Å². The molecular weight excluding hydrogens is 280 g/mol. The maximum absolute atomic E-state index is 11.7. The number of carbonyl (C=O) groups excluding carboxylic acids is 3. The van der Waals surface area contributed by atoms with E-state index < -0.39 is 5.92 Å². The molecule has 1 fully saturated rings. The average Bonchev–Trinajstić information content (AvgIpc) is 3.09. The van der Waals surface area contributed by atoms with Crippen LogP contribution < -0.4 is 0 Å². The number of ketones is 2. The van der Waals surface area contributed by atoms with Crippen molar-refractivity contribution in [3.63, 3.8) is 0 Å². The Morgan fingerprint density at radius 3 is 2.21 bits per heavy atom. The van der Waals surface area contributed by atoms with Crippen molar-refractivity contribution < 1.29 is 14.4 Å². The Bertz CT molecular complexity index is 650. The number of Topliss-reactive ketones (excluding diaryl/α,β-unsaturated/α-hetero) is 2. The Morgan fingerprint density at radius 2 is 1.58 bits per heavy atom. The van der Waals surface area contributed by atoms with Gasteiger partial charge in [0.05, 0.1) is 4.88 Å². The van der Waals surface area contributed by atoms with Crippen LogP contribution in [0.5, 0.6) is 0 Å². The van der Waals surface area contributed by atoms with Gasteiger partial charge in [-0.2, -0.15) is 0 Å². The van der Waals surface area contributed by atoms with Crippen LogP contribution in [0, 0.1) is 0 Å². The van der Waals surface area contributed by atoms with Crippen molar-refractivity contribution in [1.82, 2.24) is 0 Å². The van der Waals surface area contributed by atoms with Gasteiger partial charge in [-0.25, -0.2) is 0 Å². The minimum Gasteiger partial charge on any atom is -0.298 e. The molecule has 2 aromatic heterocycles. The van der Waals surface area contributed by atoms with Gasteiger partial charge >= 0.3 is 0 Å². The monoisotopic (exact) mass is 290 g/mol. The van der Waals surface area contributed by atoms with Gasteiger partial charge in [-0.05, 0) is 24.3 Å². The van der Waals surface area contributed by atoms with Gasteiger partial charge in [0.15, 0.2) is 6.29 Å². The highest BCUT2D eigenvalue weighted by Crippen LogP contribution is 2.38. The van der Waals surface area contributed by atoms with Crippen molar-refractivity contribution in [1.29, 1.82) is 0 Å². The van der Waals surface area contributed by atoms with Crippen molar-refractivity contribution in [2.24, 2.45) is 0 Å². The minimum absolute atomic E-state index is 0.0261. The van der Waals surface area contributed by atoms with Crippen molar-refractivity contribution in [2.75, 3.05) is 0 Å². The molecule has 5 heteroatoms. The Labute approximate surface area is 117 Å². The normalized spacial score (nSPS) is 16.2. The first-order valence-corrected chi connectivity index (χ1v) is 7.53. The Kier molecular flexibility index (Phi) is 3.16. The van der Waals surface area contributed by atoms with Gasteiger partial charge in [-0.15, -0.1) is 22.7 Å². The molecule has 0 radical (unpaired) electrons. The molecule has 0 amide bonds. The van der Waals surface area contributed by atoms with Crippen molar-refractivity contribution in [2.45, 2.75) is 18.8 Å². The number of hydrogen-bond acceptors (Lipinski definition) is 5. The largest absolute Gasteiger partial charge is 0.298 e. The third-order valence-corrected chi connectivity index (χ3v) is 5.52. The number of aldehydes is 1. The first-order valence-electron chi connectivity index (χ1n) is 5.89. The first-order chi connectivity index (χ1) is 9.19. The molecule has 0 spiro atoms. The highest BCUT2D eigenvalue weighted by molar-refractivity contribution is 7.23. The summed E-state index contributed by atoms with van der Waals surface area (Å²) in [5.74, 6) is -0.499. The summed E-state index contributed by atoms with van der Waals surface area (Å²) in [5, 5.41) is 0. The van der Waals surface area contributed by atoms with Crippen LogP contribution in [0.15, 0.2) is 24.3 Å². The summed E-state index contributed by atoms with van der Waals surface area (Å²) >= 11 is 2.88. The highest BCUT2D eigenvalue weighted by atomic mass is 32.1. The van der Waals surface area contributed by atoms with Gasteiger partial charge < -0.3 is 0 Å². The molecule has 96 valence electrons. The Morgan fingerprint density at radius 1 is 0.947 bits per heavy atom. The number of carbonyl (C=O) groups is 3. The predicted molar refractivity (Wildman–Crippen MR) is 75.0 cm³/mol. The lowest BCUT2D eigenvalue weighted by Crippen LogP contribution is -2.09. The van der Waals surface area contributed by atoms with E-state index in [0.29, 0.717) is 17.7 Å². The second-order valence-electron chi connectivity index (χ2n) is 4.39. The van der Waals surface area contributed by atoms with E-state index in [1.54, 1.807) is 6.07 Å². The molecule has 3 rings (SSSR count). The van der Waals surface area contributed by atoms with Gasteiger partial charge in [0.2, 0.25) is 0 Å². The van der Waals surface area contributed by atoms with E-state index in [4.69, 9.17) is 0 Å². The molecule has 0 N–H and O–H groups in total. The van der Waals surface area contributed by atoms with E-state index in [0.717, 1.165) is 20.9 Å². The third kappa shape index (κ3) is 2.19. The van der Waals surface area contributed by atoms with Gasteiger partial charge in [-0.3, -0.25) is 14.4 Å². The Hall–Kier alpha value is -1.59. The summed E-state index contributed by atoms with van der Waals surface area (Å²) < 4.78 is 0. The van der Waals surface area contributed by atoms with Gasteiger partial charge in [0.1, 0.15) is 17.5 Å². The van der Waals surface area contributed by atoms with Crippen LogP contribution in [0.4, 0.5) is 0 Å². The summed E-state index contributed by atoms with van der Waals surface area (Å²) in [4.78, 5) is 37.6. The van der Waals surface area contributed by atoms with E-state index in [1.165, 1.54) is 22.7 Å². The van der Waals surface area contributed by atoms with Gasteiger partial charge in [-0.1, -0.05) is 0 Å². The second kappa shape index (κ2) is 4.83. The number of hydrogen-bond donors (Lipinski definition) is 0. The van der Waals surface area contributed by atoms with E-state index in [9.17, 15) is 14.4 Å². The molecule has 2 aromatic rings. The molecule has 19 heavy (non-hydrogen) atoms. The summed E-state index contributed by atoms with van der Waals surface area (Å²) in [6.45, 7) is 0. The fraction of sp³-hybridized carbons (Fsp3) is 0.214. The summed E-state index contributed by atoms with van der Waals surface area (Å²) in [6.07, 6.45) is 1.56. The number of rotatable bonds is 3. The summed E-state index contributed by atoms with van der Waals surface area (Å²) in [7, 11) is 0. The minimum atomic E-state index is -0.552. The van der Waals surface area contributed by atoms with Crippen molar-refractivity contribution in [3.8, 4) is 9.75 Å². The van der Waals surface area contributed by atoms with Gasteiger partial charge in [0, 0.05) is 27.5 Å². The highest BCUT2D eigenvalue weighted by Gasteiger charge is 2.35. The molecule has 3 nitrogen and oxygen atoms in total. The van der Waals surface area contributed by atoms with Crippen LogP contribution in [0.25, 0.3) is 9.75 Å². The first kappa shape index (κ1) is 12.4. The smallest absolute Gasteiger partial charge is 0.160 e. The third-order valence-electron chi connectivity index (χ3n) is 3.16. The topological polar surface area (TPSA) is 51.2 Å². The quantitative estimate of drug-likeness (QED) is 0.643. The van der Waals surface area contributed by atoms with E-state index in [2.05, 4.69) is 0 Å². The standard InChI is InChI=1S/C14H10O3S2/c15-7-8-1-4-11(18-8)12-5-6-13(19-12)14-9(16)2-3-10(14)17/h1,4-7,14H,2-3H2. The fourth-order valence-corrected chi connectivity index (χ4v) is 4.29. The van der Waals surface area contributed by atoms with E-state index >= 15 is 0 Å². The number of thiophene rings is 2. The SMILES string of the molecule is O=Cc1ccc(-c2ccc(C3C(=O)CCC3=O)s2)s1. The average molecular weight is 290 g/mol. The zero-order valence-corrected chi connectivity index (χ0v) is 11.6. The predicted octanol–water partition coefficient (Wildman–Crippen LogP) is 3.30. The van der Waals surface area contributed by atoms with Crippen LogP contribution in [0.1, 0.15) is 33.3 Å². The molecule has 1 saturated carbocycles. The lowest BCUT2D eigenvalue weighted by Gasteiger charge is -2.01. The molecule has 1 aliphatic rings. The van der Waals surface area contributed by atoms with Crippen molar-refractivity contribution >= 4 is 40.5 Å². The lowest BCUT2D eigenvalue weighted by atomic mass is 10.0. The molecule has 2 heterocycles. The zero-order chi connectivity index (χ0) is 13.4.